The highest BCUT2D eigenvalue weighted by Crippen LogP contribution is 2.38. The fraction of sp³-hybridized carbons (Fsp3) is 0.222. The molecule has 1 fully saturated rings. The fourth-order valence-electron chi connectivity index (χ4n) is 1.20. The molecular formula is C9H8O3. The van der Waals surface area contributed by atoms with Crippen molar-refractivity contribution in [3.05, 3.63) is 35.9 Å². The van der Waals surface area contributed by atoms with Gasteiger partial charge in [0.15, 0.2) is 6.10 Å². The van der Waals surface area contributed by atoms with Gasteiger partial charge in [0.25, 0.3) is 0 Å². The number of ether oxygens (including phenoxy) is 1. The van der Waals surface area contributed by atoms with Crippen LogP contribution in [-0.2, 0) is 9.53 Å². The van der Waals surface area contributed by atoms with E-state index >= 15 is 0 Å². The minimum Gasteiger partial charge on any atom is -0.479 e. The summed E-state index contributed by atoms with van der Waals surface area (Å²) in [6.07, 6.45) is -0.865. The van der Waals surface area contributed by atoms with Crippen molar-refractivity contribution in [1.29, 1.82) is 0 Å². The molecule has 62 valence electrons. The molecule has 1 N–H and O–H groups in total. The Morgan fingerprint density at radius 2 is 2.00 bits per heavy atom. The molecule has 1 heterocycles. The van der Waals surface area contributed by atoms with Gasteiger partial charge in [-0.25, -0.2) is 4.79 Å². The molecule has 0 aromatic heterocycles. The van der Waals surface area contributed by atoms with Crippen LogP contribution in [0.1, 0.15) is 11.7 Å². The zero-order valence-electron chi connectivity index (χ0n) is 6.31. The maximum absolute atomic E-state index is 10.4. The molecule has 1 aliphatic rings. The lowest BCUT2D eigenvalue weighted by atomic mass is 10.1. The first kappa shape index (κ1) is 7.31. The van der Waals surface area contributed by atoms with Crippen LogP contribution in [0, 0.1) is 0 Å². The van der Waals surface area contributed by atoms with E-state index in [0.717, 1.165) is 5.56 Å². The first-order valence-electron chi connectivity index (χ1n) is 3.72. The lowest BCUT2D eigenvalue weighted by Crippen LogP contribution is -2.04. The van der Waals surface area contributed by atoms with Crippen molar-refractivity contribution in [3.8, 4) is 0 Å². The molecule has 1 aromatic carbocycles. The van der Waals surface area contributed by atoms with Gasteiger partial charge in [-0.2, -0.15) is 0 Å². The van der Waals surface area contributed by atoms with Crippen LogP contribution in [0.15, 0.2) is 30.3 Å². The van der Waals surface area contributed by atoms with Crippen molar-refractivity contribution in [1.82, 2.24) is 0 Å². The summed E-state index contributed by atoms with van der Waals surface area (Å²) in [5, 5.41) is 8.56. The monoisotopic (exact) mass is 164 g/mol. The number of carbonyl (C=O) groups is 1. The summed E-state index contributed by atoms with van der Waals surface area (Å²) in [5.74, 6) is -0.885. The summed E-state index contributed by atoms with van der Waals surface area (Å²) in [6, 6.07) is 9.37. The Morgan fingerprint density at radius 1 is 1.33 bits per heavy atom. The van der Waals surface area contributed by atoms with E-state index in [2.05, 4.69) is 0 Å². The number of carboxylic acids is 1. The van der Waals surface area contributed by atoms with Crippen molar-refractivity contribution in [2.75, 3.05) is 0 Å². The summed E-state index contributed by atoms with van der Waals surface area (Å²) < 4.78 is 4.96. The van der Waals surface area contributed by atoms with E-state index in [1.165, 1.54) is 0 Å². The van der Waals surface area contributed by atoms with Gasteiger partial charge in [0, 0.05) is 0 Å². The smallest absolute Gasteiger partial charge is 0.335 e. The van der Waals surface area contributed by atoms with Crippen molar-refractivity contribution in [2.45, 2.75) is 12.2 Å². The van der Waals surface area contributed by atoms with Gasteiger partial charge in [-0.15, -0.1) is 0 Å². The molecule has 1 saturated heterocycles. The first-order chi connectivity index (χ1) is 5.79. The predicted molar refractivity (Wildman–Crippen MR) is 41.7 cm³/mol. The number of hydrogen-bond acceptors (Lipinski definition) is 2. The quantitative estimate of drug-likeness (QED) is 0.668. The molecule has 2 rings (SSSR count). The Labute approximate surface area is 69.6 Å². The molecule has 1 aromatic rings. The maximum atomic E-state index is 10.4. The Bertz CT molecular complexity index is 294. The molecule has 1 aliphatic heterocycles. The second-order valence-corrected chi connectivity index (χ2v) is 2.73. The van der Waals surface area contributed by atoms with E-state index in [4.69, 9.17) is 9.84 Å². The van der Waals surface area contributed by atoms with Gasteiger partial charge in [-0.1, -0.05) is 30.3 Å². The Kier molecular flexibility index (Phi) is 1.59. The van der Waals surface area contributed by atoms with Gasteiger partial charge in [0.2, 0.25) is 0 Å². The van der Waals surface area contributed by atoms with E-state index in [1.54, 1.807) is 0 Å². The number of carboxylic acid groups (broad SMARTS) is 1. The highest BCUT2D eigenvalue weighted by Gasteiger charge is 2.46. The topological polar surface area (TPSA) is 49.8 Å². The number of hydrogen-bond donors (Lipinski definition) is 1. The van der Waals surface area contributed by atoms with Crippen molar-refractivity contribution in [3.63, 3.8) is 0 Å². The summed E-state index contributed by atoms with van der Waals surface area (Å²) in [7, 11) is 0. The second-order valence-electron chi connectivity index (χ2n) is 2.73. The number of rotatable bonds is 2. The third kappa shape index (κ3) is 1.19. The SMILES string of the molecule is O=C(O)[C@@H]1OC1c1ccccc1. The maximum Gasteiger partial charge on any atom is 0.335 e. The molecular weight excluding hydrogens is 156 g/mol. The molecule has 3 heteroatoms. The summed E-state index contributed by atoms with van der Waals surface area (Å²) >= 11 is 0. The van der Waals surface area contributed by atoms with Gasteiger partial charge in [-0.05, 0) is 5.56 Å². The van der Waals surface area contributed by atoms with Crippen LogP contribution in [0.3, 0.4) is 0 Å². The van der Waals surface area contributed by atoms with Crippen molar-refractivity contribution >= 4 is 5.97 Å². The molecule has 0 radical (unpaired) electrons. The standard InChI is InChI=1S/C9H8O3/c10-9(11)8-7(12-8)6-4-2-1-3-5-6/h1-5,7-8H,(H,10,11)/t7?,8-/m1/s1. The lowest BCUT2D eigenvalue weighted by Gasteiger charge is -1.91. The minimum atomic E-state index is -0.885. The summed E-state index contributed by atoms with van der Waals surface area (Å²) in [5.41, 5.74) is 0.935. The Morgan fingerprint density at radius 3 is 2.50 bits per heavy atom. The Hall–Kier alpha value is -1.35. The van der Waals surface area contributed by atoms with E-state index in [1.807, 2.05) is 30.3 Å². The van der Waals surface area contributed by atoms with E-state index in [-0.39, 0.29) is 6.10 Å². The fourth-order valence-corrected chi connectivity index (χ4v) is 1.20. The molecule has 1 unspecified atom stereocenters. The highest BCUT2D eigenvalue weighted by molar-refractivity contribution is 5.76. The molecule has 0 spiro atoms. The number of aliphatic carboxylic acids is 1. The van der Waals surface area contributed by atoms with Crippen molar-refractivity contribution < 1.29 is 14.6 Å². The lowest BCUT2D eigenvalue weighted by molar-refractivity contribution is -0.138. The van der Waals surface area contributed by atoms with Crippen LogP contribution in [0.4, 0.5) is 0 Å². The summed E-state index contributed by atoms with van der Waals surface area (Å²) in [6.45, 7) is 0. The van der Waals surface area contributed by atoms with Gasteiger partial charge in [-0.3, -0.25) is 0 Å². The summed E-state index contributed by atoms with van der Waals surface area (Å²) in [4.78, 5) is 10.4. The molecule has 0 bridgehead atoms. The van der Waals surface area contributed by atoms with Crippen LogP contribution >= 0.6 is 0 Å². The molecule has 0 aliphatic carbocycles. The third-order valence-corrected chi connectivity index (χ3v) is 1.86. The number of benzene rings is 1. The molecule has 2 atom stereocenters. The van der Waals surface area contributed by atoms with Gasteiger partial charge < -0.3 is 9.84 Å². The predicted octanol–water partition coefficient (Wildman–Crippen LogP) is 1.21. The second kappa shape index (κ2) is 2.60. The average molecular weight is 164 g/mol. The average Bonchev–Trinajstić information content (AvgIpc) is 2.84. The zero-order chi connectivity index (χ0) is 8.55. The van der Waals surface area contributed by atoms with Gasteiger partial charge in [0.1, 0.15) is 6.10 Å². The molecule has 12 heavy (non-hydrogen) atoms. The van der Waals surface area contributed by atoms with Crippen LogP contribution in [-0.4, -0.2) is 17.2 Å². The zero-order valence-corrected chi connectivity index (χ0v) is 6.31. The van der Waals surface area contributed by atoms with Crippen LogP contribution in [0.5, 0.6) is 0 Å². The van der Waals surface area contributed by atoms with E-state index < -0.39 is 12.1 Å². The normalized spacial score (nSPS) is 26.7. The van der Waals surface area contributed by atoms with Crippen molar-refractivity contribution in [2.24, 2.45) is 0 Å². The van der Waals surface area contributed by atoms with Crippen LogP contribution in [0.2, 0.25) is 0 Å². The van der Waals surface area contributed by atoms with Gasteiger partial charge in [0.05, 0.1) is 0 Å². The third-order valence-electron chi connectivity index (χ3n) is 1.86. The minimum absolute atomic E-state index is 0.233. The Balaban J connectivity index is 2.11. The number of epoxide rings is 1. The highest BCUT2D eigenvalue weighted by atomic mass is 16.6. The largest absolute Gasteiger partial charge is 0.479 e. The molecule has 3 nitrogen and oxygen atoms in total. The van der Waals surface area contributed by atoms with Gasteiger partial charge >= 0.3 is 5.97 Å². The van der Waals surface area contributed by atoms with E-state index in [9.17, 15) is 4.79 Å². The van der Waals surface area contributed by atoms with Crippen LogP contribution < -0.4 is 0 Å². The van der Waals surface area contributed by atoms with Crippen LogP contribution in [0.25, 0.3) is 0 Å². The first-order valence-corrected chi connectivity index (χ1v) is 3.72. The van der Waals surface area contributed by atoms with E-state index in [0.29, 0.717) is 0 Å². The molecule has 0 saturated carbocycles. The molecule has 0 amide bonds.